The number of hydrogen-bond acceptors (Lipinski definition) is 5. The molecule has 0 aromatic heterocycles. The molecule has 0 aliphatic carbocycles. The molecule has 3 atom stereocenters. The van der Waals surface area contributed by atoms with Gasteiger partial charge in [0.1, 0.15) is 6.04 Å². The van der Waals surface area contributed by atoms with Gasteiger partial charge in [-0.25, -0.2) is 0 Å². The highest BCUT2D eigenvalue weighted by Gasteiger charge is 2.58. The van der Waals surface area contributed by atoms with Crippen LogP contribution in [0.1, 0.15) is 40.5 Å². The summed E-state index contributed by atoms with van der Waals surface area (Å²) >= 11 is 0. The summed E-state index contributed by atoms with van der Waals surface area (Å²) in [6.45, 7) is 7.27. The molecule has 0 aromatic carbocycles. The molecule has 8 heteroatoms. The van der Waals surface area contributed by atoms with Gasteiger partial charge in [0.25, 0.3) is 0 Å². The summed E-state index contributed by atoms with van der Waals surface area (Å²) in [6, 6.07) is -0.694. The Hall–Kier alpha value is -1.96. The smallest absolute Gasteiger partial charge is 0.245 e. The van der Waals surface area contributed by atoms with Crippen molar-refractivity contribution in [2.45, 2.75) is 52.1 Å². The molecule has 0 bridgehead atoms. The molecule has 3 N–H and O–H groups in total. The van der Waals surface area contributed by atoms with Crippen molar-refractivity contribution in [3.05, 3.63) is 0 Å². The van der Waals surface area contributed by atoms with E-state index in [9.17, 15) is 19.2 Å². The topological polar surface area (TPSA) is 113 Å². The van der Waals surface area contributed by atoms with Gasteiger partial charge >= 0.3 is 0 Å². The van der Waals surface area contributed by atoms with Crippen molar-refractivity contribution in [3.8, 4) is 0 Å². The molecular formula is C17H28N4O4. The highest BCUT2D eigenvalue weighted by atomic mass is 16.2. The molecule has 140 valence electrons. The van der Waals surface area contributed by atoms with Crippen LogP contribution in [0.4, 0.5) is 0 Å². The number of carbonyl (C=O) groups excluding carboxylic acids is 4. The molecule has 2 rings (SSSR count). The second-order valence-electron chi connectivity index (χ2n) is 7.88. The Morgan fingerprint density at radius 3 is 2.52 bits per heavy atom. The van der Waals surface area contributed by atoms with Crippen LogP contribution in [-0.4, -0.2) is 65.1 Å². The van der Waals surface area contributed by atoms with E-state index in [0.29, 0.717) is 19.4 Å². The Bertz CT molecular complexity index is 612. The van der Waals surface area contributed by atoms with Gasteiger partial charge in [0.2, 0.25) is 23.6 Å². The average molecular weight is 352 g/mol. The van der Waals surface area contributed by atoms with Gasteiger partial charge in [0.15, 0.2) is 0 Å². The van der Waals surface area contributed by atoms with E-state index in [0.717, 1.165) is 4.90 Å². The fraction of sp³-hybridized carbons (Fsp3) is 0.765. The second-order valence-corrected chi connectivity index (χ2v) is 7.88. The normalized spacial score (nSPS) is 28.0. The van der Waals surface area contributed by atoms with E-state index in [2.05, 4.69) is 5.32 Å². The van der Waals surface area contributed by atoms with Crippen LogP contribution in [0.5, 0.6) is 0 Å². The highest BCUT2D eigenvalue weighted by Crippen LogP contribution is 2.43. The highest BCUT2D eigenvalue weighted by molar-refractivity contribution is 6.07. The van der Waals surface area contributed by atoms with Crippen molar-refractivity contribution in [1.29, 1.82) is 0 Å². The molecule has 0 spiro atoms. The van der Waals surface area contributed by atoms with Gasteiger partial charge in [-0.3, -0.25) is 24.1 Å². The summed E-state index contributed by atoms with van der Waals surface area (Å²) < 4.78 is 0. The Morgan fingerprint density at radius 2 is 2.00 bits per heavy atom. The maximum atomic E-state index is 12.9. The third-order valence-corrected chi connectivity index (χ3v) is 5.31. The number of fused-ring (bicyclic) bond motifs is 1. The van der Waals surface area contributed by atoms with E-state index in [1.165, 1.54) is 7.05 Å². The van der Waals surface area contributed by atoms with E-state index in [-0.39, 0.29) is 30.2 Å². The van der Waals surface area contributed by atoms with Gasteiger partial charge in [-0.2, -0.15) is 0 Å². The van der Waals surface area contributed by atoms with Crippen LogP contribution >= 0.6 is 0 Å². The molecule has 8 nitrogen and oxygen atoms in total. The molecular weight excluding hydrogens is 324 g/mol. The molecule has 25 heavy (non-hydrogen) atoms. The van der Waals surface area contributed by atoms with Gasteiger partial charge < -0.3 is 16.0 Å². The zero-order valence-corrected chi connectivity index (χ0v) is 15.6. The Kier molecular flexibility index (Phi) is 4.96. The minimum Gasteiger partial charge on any atom is -0.343 e. The lowest BCUT2D eigenvalue weighted by molar-refractivity contribution is -0.145. The monoisotopic (exact) mass is 352 g/mol. The number of rotatable bonds is 4. The lowest BCUT2D eigenvalue weighted by atomic mass is 9.74. The average Bonchev–Trinajstić information content (AvgIpc) is 2.71. The van der Waals surface area contributed by atoms with Crippen molar-refractivity contribution in [3.63, 3.8) is 0 Å². The predicted molar refractivity (Wildman–Crippen MR) is 91.1 cm³/mol. The SMILES string of the molecule is CC[C@@H](NC(=O)C(C)(C)N)C(=O)N1CCC2C(=O)N(C)C(=O)C2(C)C1. The zero-order chi connectivity index (χ0) is 19.2. The number of nitrogens with one attached hydrogen (secondary N) is 1. The minimum atomic E-state index is -1.08. The number of carbonyl (C=O) groups is 4. The molecule has 4 amide bonds. The van der Waals surface area contributed by atoms with Crippen LogP contribution in [0.2, 0.25) is 0 Å². The summed E-state index contributed by atoms with van der Waals surface area (Å²) in [7, 11) is 1.48. The Morgan fingerprint density at radius 1 is 1.40 bits per heavy atom. The van der Waals surface area contributed by atoms with Crippen LogP contribution in [0.3, 0.4) is 0 Å². The third kappa shape index (κ3) is 3.27. The number of hydrogen-bond donors (Lipinski definition) is 2. The molecule has 0 saturated carbocycles. The van der Waals surface area contributed by atoms with E-state index in [1.807, 2.05) is 0 Å². The van der Waals surface area contributed by atoms with Gasteiger partial charge in [0, 0.05) is 20.1 Å². The Labute approximate surface area is 148 Å². The van der Waals surface area contributed by atoms with Crippen molar-refractivity contribution in [2.75, 3.05) is 20.1 Å². The van der Waals surface area contributed by atoms with Gasteiger partial charge in [-0.1, -0.05) is 6.92 Å². The van der Waals surface area contributed by atoms with Crippen molar-refractivity contribution in [2.24, 2.45) is 17.1 Å². The van der Waals surface area contributed by atoms with E-state index >= 15 is 0 Å². The standard InChI is InChI=1S/C17H28N4O4/c1-6-11(19-14(24)16(2,3)18)13(23)21-8-7-10-12(22)20(5)15(25)17(10,4)9-21/h10-11H,6-9,18H2,1-5H3,(H,19,24)/t10?,11-,17?/m1/s1. The van der Waals surface area contributed by atoms with Gasteiger partial charge in [0.05, 0.1) is 16.9 Å². The molecule has 0 aromatic rings. The third-order valence-electron chi connectivity index (χ3n) is 5.31. The predicted octanol–water partition coefficient (Wildman–Crippen LogP) is -0.528. The van der Waals surface area contributed by atoms with Crippen molar-refractivity contribution >= 4 is 23.6 Å². The second kappa shape index (κ2) is 6.40. The zero-order valence-electron chi connectivity index (χ0n) is 15.6. The van der Waals surface area contributed by atoms with Crippen LogP contribution in [-0.2, 0) is 19.2 Å². The van der Waals surface area contributed by atoms with E-state index in [1.54, 1.807) is 32.6 Å². The lowest BCUT2D eigenvalue weighted by Gasteiger charge is -2.40. The van der Waals surface area contributed by atoms with Crippen LogP contribution in [0, 0.1) is 11.3 Å². The van der Waals surface area contributed by atoms with Gasteiger partial charge in [-0.15, -0.1) is 0 Å². The van der Waals surface area contributed by atoms with E-state index in [4.69, 9.17) is 5.73 Å². The van der Waals surface area contributed by atoms with Gasteiger partial charge in [-0.05, 0) is 33.6 Å². The molecule has 2 heterocycles. The first-order valence-corrected chi connectivity index (χ1v) is 8.64. The lowest BCUT2D eigenvalue weighted by Crippen LogP contribution is -2.59. The fourth-order valence-electron chi connectivity index (χ4n) is 3.61. The first-order chi connectivity index (χ1) is 11.4. The minimum absolute atomic E-state index is 0.176. The number of piperidine rings is 1. The molecule has 0 radical (unpaired) electrons. The number of nitrogens with zero attached hydrogens (tertiary/aromatic N) is 2. The summed E-state index contributed by atoms with van der Waals surface area (Å²) in [4.78, 5) is 52.4. The quantitative estimate of drug-likeness (QED) is 0.661. The van der Waals surface area contributed by atoms with E-state index < -0.39 is 22.9 Å². The first kappa shape index (κ1) is 19.4. The summed E-state index contributed by atoms with van der Waals surface area (Å²) in [5.41, 5.74) is 3.80. The summed E-state index contributed by atoms with van der Waals surface area (Å²) in [5.74, 6) is -1.45. The number of likely N-dealkylation sites (tertiary alicyclic amines) is 2. The molecule has 2 unspecified atom stereocenters. The number of nitrogens with two attached hydrogens (primary N) is 1. The molecule has 2 aliphatic rings. The molecule has 2 aliphatic heterocycles. The largest absolute Gasteiger partial charge is 0.343 e. The van der Waals surface area contributed by atoms with Crippen molar-refractivity contribution < 1.29 is 19.2 Å². The molecule has 2 fully saturated rings. The Balaban J connectivity index is 2.14. The fourth-order valence-corrected chi connectivity index (χ4v) is 3.61. The van der Waals surface area contributed by atoms with Crippen LogP contribution in [0.15, 0.2) is 0 Å². The maximum absolute atomic E-state index is 12.9. The number of imide groups is 1. The van der Waals surface area contributed by atoms with Crippen molar-refractivity contribution in [1.82, 2.24) is 15.1 Å². The number of amides is 4. The van der Waals surface area contributed by atoms with Crippen LogP contribution < -0.4 is 11.1 Å². The molecule has 2 saturated heterocycles. The maximum Gasteiger partial charge on any atom is 0.245 e. The summed E-state index contributed by atoms with van der Waals surface area (Å²) in [6.07, 6.45) is 0.869. The first-order valence-electron chi connectivity index (χ1n) is 8.64. The van der Waals surface area contributed by atoms with Crippen LogP contribution in [0.25, 0.3) is 0 Å². The summed E-state index contributed by atoms with van der Waals surface area (Å²) in [5, 5.41) is 2.69.